The Morgan fingerprint density at radius 1 is 0.431 bits per heavy atom. The van der Waals surface area contributed by atoms with Crippen LogP contribution in [0.2, 0.25) is 0 Å². The first-order valence-corrected chi connectivity index (χ1v) is 22.5. The molecular formula is C57H57N. The van der Waals surface area contributed by atoms with E-state index in [0.717, 1.165) is 23.7 Å². The molecule has 0 aliphatic heterocycles. The minimum absolute atomic E-state index is 0.0715. The Kier molecular flexibility index (Phi) is 7.18. The van der Waals surface area contributed by atoms with E-state index in [-0.39, 0.29) is 21.7 Å². The Bertz CT molecular complexity index is 2640. The van der Waals surface area contributed by atoms with Gasteiger partial charge < -0.3 is 4.90 Å². The quantitative estimate of drug-likeness (QED) is 0.173. The van der Waals surface area contributed by atoms with Gasteiger partial charge in [-0.25, -0.2) is 0 Å². The van der Waals surface area contributed by atoms with Crippen molar-refractivity contribution in [3.8, 4) is 33.4 Å². The molecule has 0 atom stereocenters. The maximum Gasteiger partial charge on any atom is 0.0543 e. The van der Waals surface area contributed by atoms with Gasteiger partial charge in [0.1, 0.15) is 0 Å². The van der Waals surface area contributed by atoms with Gasteiger partial charge in [-0.15, -0.1) is 0 Å². The summed E-state index contributed by atoms with van der Waals surface area (Å²) in [5, 5.41) is 0. The zero-order chi connectivity index (χ0) is 39.3. The van der Waals surface area contributed by atoms with E-state index in [1.165, 1.54) is 118 Å². The highest BCUT2D eigenvalue weighted by atomic mass is 15.1. The number of fused-ring (bicyclic) bond motifs is 7. The van der Waals surface area contributed by atoms with Crippen molar-refractivity contribution in [1.29, 1.82) is 0 Å². The lowest BCUT2D eigenvalue weighted by Gasteiger charge is -2.61. The Hall–Kier alpha value is -4.88. The molecule has 0 N–H and O–H groups in total. The molecule has 1 nitrogen and oxygen atoms in total. The summed E-state index contributed by atoms with van der Waals surface area (Å²) in [6, 6.07) is 50.1. The molecule has 6 aromatic rings. The molecule has 0 amide bonds. The van der Waals surface area contributed by atoms with Crippen molar-refractivity contribution in [3.63, 3.8) is 0 Å². The van der Waals surface area contributed by atoms with Crippen LogP contribution in [0.4, 0.5) is 17.1 Å². The molecule has 0 heterocycles. The minimum Gasteiger partial charge on any atom is -0.310 e. The minimum atomic E-state index is -0.0715. The van der Waals surface area contributed by atoms with Crippen LogP contribution in [-0.4, -0.2) is 0 Å². The Morgan fingerprint density at radius 3 is 1.69 bits per heavy atom. The third kappa shape index (κ3) is 4.60. The molecule has 0 aromatic heterocycles. The van der Waals surface area contributed by atoms with Crippen molar-refractivity contribution < 1.29 is 0 Å². The molecular weight excluding hydrogens is 699 g/mol. The fourth-order valence-electron chi connectivity index (χ4n) is 14.3. The summed E-state index contributed by atoms with van der Waals surface area (Å²) < 4.78 is 0. The first kappa shape index (κ1) is 35.1. The van der Waals surface area contributed by atoms with Crippen LogP contribution in [0.25, 0.3) is 33.4 Å². The molecule has 0 saturated heterocycles. The van der Waals surface area contributed by atoms with E-state index in [0.29, 0.717) is 0 Å². The van der Waals surface area contributed by atoms with E-state index in [1.54, 1.807) is 11.1 Å². The van der Waals surface area contributed by atoms with Gasteiger partial charge in [0, 0.05) is 27.8 Å². The largest absolute Gasteiger partial charge is 0.310 e. The molecule has 7 aliphatic rings. The van der Waals surface area contributed by atoms with Gasteiger partial charge in [-0.2, -0.15) is 0 Å². The van der Waals surface area contributed by atoms with E-state index in [9.17, 15) is 0 Å². The number of benzene rings is 6. The topological polar surface area (TPSA) is 3.24 Å². The van der Waals surface area contributed by atoms with Gasteiger partial charge >= 0.3 is 0 Å². The normalized spacial score (nSPS) is 26.8. The monoisotopic (exact) mass is 755 g/mol. The summed E-state index contributed by atoms with van der Waals surface area (Å²) in [6.45, 7) is 14.6. The second-order valence-corrected chi connectivity index (χ2v) is 21.2. The Labute approximate surface area is 346 Å². The van der Waals surface area contributed by atoms with Crippen molar-refractivity contribution in [2.45, 2.75) is 108 Å². The molecule has 4 fully saturated rings. The molecule has 290 valence electrons. The highest BCUT2D eigenvalue weighted by Gasteiger charge is 2.61. The third-order valence-electron chi connectivity index (χ3n) is 16.9. The van der Waals surface area contributed by atoms with Crippen molar-refractivity contribution in [2.24, 2.45) is 23.7 Å². The van der Waals surface area contributed by atoms with Gasteiger partial charge in [-0.1, -0.05) is 139 Å². The zero-order valence-corrected chi connectivity index (χ0v) is 35.3. The van der Waals surface area contributed by atoms with Crippen molar-refractivity contribution >= 4 is 17.1 Å². The van der Waals surface area contributed by atoms with E-state index in [2.05, 4.69) is 174 Å². The number of nitrogens with zero attached hydrogens (tertiary/aromatic N) is 1. The van der Waals surface area contributed by atoms with Gasteiger partial charge in [0.05, 0.1) is 5.69 Å². The number of rotatable bonds is 4. The highest BCUT2D eigenvalue weighted by Crippen LogP contribution is 2.70. The van der Waals surface area contributed by atoms with Crippen LogP contribution in [0, 0.1) is 23.7 Å². The van der Waals surface area contributed by atoms with Crippen LogP contribution in [0.5, 0.6) is 0 Å². The lowest BCUT2D eigenvalue weighted by Crippen LogP contribution is -2.55. The van der Waals surface area contributed by atoms with Gasteiger partial charge in [0.2, 0.25) is 0 Å². The maximum absolute atomic E-state index is 2.58. The van der Waals surface area contributed by atoms with Crippen LogP contribution < -0.4 is 4.90 Å². The fourth-order valence-corrected chi connectivity index (χ4v) is 14.3. The summed E-state index contributed by atoms with van der Waals surface area (Å²) in [5.41, 5.74) is 21.6. The predicted octanol–water partition coefficient (Wildman–Crippen LogP) is 15.2. The first-order chi connectivity index (χ1) is 28.0. The van der Waals surface area contributed by atoms with Crippen LogP contribution >= 0.6 is 0 Å². The molecule has 0 unspecified atom stereocenters. The zero-order valence-electron chi connectivity index (χ0n) is 35.3. The van der Waals surface area contributed by atoms with E-state index in [1.807, 2.05) is 0 Å². The molecule has 7 aliphatic carbocycles. The van der Waals surface area contributed by atoms with Crippen molar-refractivity contribution in [1.82, 2.24) is 0 Å². The predicted molar refractivity (Wildman–Crippen MR) is 243 cm³/mol. The average Bonchev–Trinajstić information content (AvgIpc) is 3.65. The third-order valence-corrected chi connectivity index (χ3v) is 16.9. The summed E-state index contributed by atoms with van der Waals surface area (Å²) in [6.07, 6.45) is 9.55. The van der Waals surface area contributed by atoms with Gasteiger partial charge in [-0.3, -0.25) is 0 Å². The van der Waals surface area contributed by atoms with Gasteiger partial charge in [0.15, 0.2) is 0 Å². The SMILES string of the molecule is CC1(C)CCC(C)(C)c2cc(N(c3ccc(-c4cccc5c4-c4ccccc4C54C5CC6CC(C5)CC4C6)cc3)c3cccc4c3-c3ccccc3C4(C)C)ccc21. The van der Waals surface area contributed by atoms with Crippen LogP contribution in [-0.2, 0) is 21.7 Å². The Balaban J connectivity index is 1.03. The summed E-state index contributed by atoms with van der Waals surface area (Å²) in [7, 11) is 0. The highest BCUT2D eigenvalue weighted by molar-refractivity contribution is 5.96. The Morgan fingerprint density at radius 2 is 0.983 bits per heavy atom. The maximum atomic E-state index is 2.58. The number of hydrogen-bond acceptors (Lipinski definition) is 1. The number of anilines is 3. The molecule has 13 rings (SSSR count). The van der Waals surface area contributed by atoms with Crippen molar-refractivity contribution in [2.75, 3.05) is 4.90 Å². The van der Waals surface area contributed by atoms with Gasteiger partial charge in [-0.05, 0) is 171 Å². The van der Waals surface area contributed by atoms with Gasteiger partial charge in [0.25, 0.3) is 0 Å². The first-order valence-electron chi connectivity index (χ1n) is 22.5. The van der Waals surface area contributed by atoms with Crippen LogP contribution in [0.1, 0.15) is 120 Å². The molecule has 4 saturated carbocycles. The fraction of sp³-hybridized carbons (Fsp3) is 0.368. The number of hydrogen-bond donors (Lipinski definition) is 0. The van der Waals surface area contributed by atoms with Crippen LogP contribution in [0.3, 0.4) is 0 Å². The van der Waals surface area contributed by atoms with E-state index >= 15 is 0 Å². The molecule has 6 aromatic carbocycles. The van der Waals surface area contributed by atoms with Crippen LogP contribution in [0.15, 0.2) is 127 Å². The summed E-state index contributed by atoms with van der Waals surface area (Å²) in [5.74, 6) is 3.43. The summed E-state index contributed by atoms with van der Waals surface area (Å²) >= 11 is 0. The van der Waals surface area contributed by atoms with E-state index in [4.69, 9.17) is 0 Å². The molecule has 1 spiro atoms. The smallest absolute Gasteiger partial charge is 0.0543 e. The molecule has 0 radical (unpaired) electrons. The lowest BCUT2D eigenvalue weighted by atomic mass is 9.43. The summed E-state index contributed by atoms with van der Waals surface area (Å²) in [4.78, 5) is 2.58. The van der Waals surface area contributed by atoms with Crippen molar-refractivity contribution in [3.05, 3.63) is 161 Å². The average molecular weight is 756 g/mol. The second-order valence-electron chi connectivity index (χ2n) is 21.2. The molecule has 58 heavy (non-hydrogen) atoms. The second kappa shape index (κ2) is 11.9. The van der Waals surface area contributed by atoms with E-state index < -0.39 is 0 Å². The standard InChI is InChI=1S/C57H57N/c1-54(2)27-28-55(3,4)50-34-41(25-26-47(50)54)58(51-20-12-18-48-53(51)43-13-7-9-16-45(43)56(48,5)6)40-23-21-37(22-24-40)42-15-11-19-49-52(42)44-14-8-10-17-46(44)57(49)38-30-35-29-36(32-38)33-39(57)31-35/h7-26,34-36,38-39H,27-33H2,1-6H3. The molecule has 4 bridgehead atoms. The molecule has 1 heteroatoms. The lowest BCUT2D eigenvalue weighted by molar-refractivity contribution is -0.0399.